The predicted molar refractivity (Wildman–Crippen MR) is 30.0 cm³/mol. The second-order valence-electron chi connectivity index (χ2n) is 0.833. The summed E-state index contributed by atoms with van der Waals surface area (Å²) in [4.78, 5) is 1.73. The molecule has 0 saturated carbocycles. The van der Waals surface area contributed by atoms with Gasteiger partial charge in [0, 0.05) is 0 Å². The van der Waals surface area contributed by atoms with Crippen molar-refractivity contribution >= 4 is 15.3 Å². The molecule has 0 aliphatic heterocycles. The van der Waals surface area contributed by atoms with Crippen LogP contribution < -0.4 is 0 Å². The van der Waals surface area contributed by atoms with Crippen molar-refractivity contribution in [3.63, 3.8) is 0 Å². The molecule has 0 atom stereocenters. The van der Waals surface area contributed by atoms with Gasteiger partial charge in [-0.2, -0.15) is 0 Å². The molecule has 0 rings (SSSR count). The van der Waals surface area contributed by atoms with E-state index in [1.54, 1.807) is 19.1 Å². The average molecular weight is 164 g/mol. The van der Waals surface area contributed by atoms with Crippen LogP contribution in [0.5, 0.6) is 0 Å². The van der Waals surface area contributed by atoms with E-state index in [0.717, 1.165) is 0 Å². The van der Waals surface area contributed by atoms with Crippen LogP contribution in [0.25, 0.3) is 0 Å². The average Bonchev–Trinajstić information content (AvgIpc) is 1.72. The standard InChI is InChI=1S/C4H9AsO2/c1-4-5(6-2)7-3/h4H,1H2,2-3H3. The van der Waals surface area contributed by atoms with Gasteiger partial charge in [-0.15, -0.1) is 0 Å². The second kappa shape index (κ2) is 4.38. The molecule has 0 unspecified atom stereocenters. The summed E-state index contributed by atoms with van der Waals surface area (Å²) < 4.78 is 9.71. The molecule has 2 nitrogen and oxygen atoms in total. The van der Waals surface area contributed by atoms with Gasteiger partial charge in [0.1, 0.15) is 0 Å². The van der Waals surface area contributed by atoms with Crippen molar-refractivity contribution in [2.24, 2.45) is 0 Å². The summed E-state index contributed by atoms with van der Waals surface area (Å²) in [6.45, 7) is 3.52. The van der Waals surface area contributed by atoms with Crippen LogP contribution in [0.4, 0.5) is 0 Å². The van der Waals surface area contributed by atoms with E-state index in [2.05, 4.69) is 6.58 Å². The molecule has 0 aromatic carbocycles. The molecule has 42 valence electrons. The van der Waals surface area contributed by atoms with Crippen LogP contribution in [0.15, 0.2) is 11.4 Å². The quantitative estimate of drug-likeness (QED) is 0.565. The minimum absolute atomic E-state index is 1.47. The van der Waals surface area contributed by atoms with Gasteiger partial charge in [-0.05, 0) is 0 Å². The third-order valence-corrected chi connectivity index (χ3v) is 2.64. The van der Waals surface area contributed by atoms with Crippen LogP contribution >= 0.6 is 0 Å². The van der Waals surface area contributed by atoms with E-state index in [9.17, 15) is 0 Å². The monoisotopic (exact) mass is 164 g/mol. The van der Waals surface area contributed by atoms with Crippen molar-refractivity contribution in [2.75, 3.05) is 14.2 Å². The predicted octanol–water partition coefficient (Wildman–Crippen LogP) is 0.493. The maximum absolute atomic E-state index is 4.85. The van der Waals surface area contributed by atoms with Crippen LogP contribution in [0, 0.1) is 0 Å². The molecule has 0 aliphatic rings. The van der Waals surface area contributed by atoms with Gasteiger partial charge in [-0.3, -0.25) is 0 Å². The molecular formula is C4H9AsO2. The summed E-state index contributed by atoms with van der Waals surface area (Å²) in [5.41, 5.74) is 0. The van der Waals surface area contributed by atoms with Crippen molar-refractivity contribution < 1.29 is 7.45 Å². The second-order valence-corrected chi connectivity index (χ2v) is 4.33. The molecule has 3 heteroatoms. The van der Waals surface area contributed by atoms with Crippen LogP contribution in [0.2, 0.25) is 0 Å². The molecule has 7 heavy (non-hydrogen) atoms. The van der Waals surface area contributed by atoms with Gasteiger partial charge in [0.05, 0.1) is 0 Å². The van der Waals surface area contributed by atoms with Crippen molar-refractivity contribution in [2.45, 2.75) is 0 Å². The van der Waals surface area contributed by atoms with Crippen molar-refractivity contribution in [1.29, 1.82) is 0 Å². The molecular weight excluding hydrogens is 155 g/mol. The van der Waals surface area contributed by atoms with Gasteiger partial charge >= 0.3 is 48.4 Å². The summed E-state index contributed by atoms with van der Waals surface area (Å²) in [6.07, 6.45) is 0. The molecule has 0 fully saturated rings. The van der Waals surface area contributed by atoms with Gasteiger partial charge in [0.2, 0.25) is 0 Å². The van der Waals surface area contributed by atoms with Crippen molar-refractivity contribution in [3.8, 4) is 0 Å². The van der Waals surface area contributed by atoms with Crippen molar-refractivity contribution in [1.82, 2.24) is 0 Å². The summed E-state index contributed by atoms with van der Waals surface area (Å²) >= 11 is -1.47. The molecule has 0 N–H and O–H groups in total. The fourth-order valence-corrected chi connectivity index (χ4v) is 1.16. The Bertz CT molecular complexity index is 51.7. The van der Waals surface area contributed by atoms with E-state index in [0.29, 0.717) is 0 Å². The molecule has 0 bridgehead atoms. The molecule has 0 radical (unpaired) electrons. The van der Waals surface area contributed by atoms with Crippen LogP contribution in [0.3, 0.4) is 0 Å². The fraction of sp³-hybridized carbons (Fsp3) is 0.500. The Labute approximate surface area is 49.1 Å². The van der Waals surface area contributed by atoms with E-state index < -0.39 is 15.3 Å². The fourth-order valence-electron chi connectivity index (χ4n) is 0.224. The van der Waals surface area contributed by atoms with Gasteiger partial charge in [0.15, 0.2) is 0 Å². The number of rotatable bonds is 3. The Balaban J connectivity index is 3.16. The van der Waals surface area contributed by atoms with E-state index >= 15 is 0 Å². The summed E-state index contributed by atoms with van der Waals surface area (Å²) in [5.74, 6) is 0. The van der Waals surface area contributed by atoms with Gasteiger partial charge in [-0.1, -0.05) is 0 Å². The summed E-state index contributed by atoms with van der Waals surface area (Å²) in [5, 5.41) is 0. The molecule has 0 amide bonds. The first-order valence-electron chi connectivity index (χ1n) is 1.85. The Hall–Kier alpha value is 0.218. The summed E-state index contributed by atoms with van der Waals surface area (Å²) in [6, 6.07) is 0. The maximum atomic E-state index is 4.85. The van der Waals surface area contributed by atoms with Crippen LogP contribution in [0.1, 0.15) is 0 Å². The van der Waals surface area contributed by atoms with Gasteiger partial charge < -0.3 is 0 Å². The summed E-state index contributed by atoms with van der Waals surface area (Å²) in [7, 11) is 3.26. The zero-order valence-electron chi connectivity index (χ0n) is 4.55. The molecule has 0 saturated heterocycles. The topological polar surface area (TPSA) is 18.5 Å². The first-order chi connectivity index (χ1) is 3.35. The Kier molecular flexibility index (Phi) is 4.52. The Morgan fingerprint density at radius 1 is 1.43 bits per heavy atom. The molecule has 0 aromatic heterocycles. The molecule has 0 heterocycles. The Morgan fingerprint density at radius 3 is 1.86 bits per heavy atom. The SMILES string of the molecule is C=C[As](OC)OC. The van der Waals surface area contributed by atoms with E-state index in [1.165, 1.54) is 0 Å². The third kappa shape index (κ3) is 2.86. The third-order valence-electron chi connectivity index (χ3n) is 0.509. The molecule has 0 spiro atoms. The molecule has 0 aliphatic carbocycles. The van der Waals surface area contributed by atoms with Crippen LogP contribution in [-0.2, 0) is 7.45 Å². The van der Waals surface area contributed by atoms with E-state index in [4.69, 9.17) is 7.45 Å². The number of hydrogen-bond donors (Lipinski definition) is 0. The normalized spacial score (nSPS) is 9.57. The van der Waals surface area contributed by atoms with Gasteiger partial charge in [0.25, 0.3) is 0 Å². The zero-order chi connectivity index (χ0) is 5.70. The Morgan fingerprint density at radius 2 is 1.86 bits per heavy atom. The van der Waals surface area contributed by atoms with Crippen molar-refractivity contribution in [3.05, 3.63) is 11.4 Å². The minimum atomic E-state index is -1.47. The zero-order valence-corrected chi connectivity index (χ0v) is 6.42. The first kappa shape index (κ1) is 7.22. The van der Waals surface area contributed by atoms with Crippen LogP contribution in [-0.4, -0.2) is 29.6 Å². The van der Waals surface area contributed by atoms with Gasteiger partial charge in [-0.25, -0.2) is 0 Å². The van der Waals surface area contributed by atoms with E-state index in [-0.39, 0.29) is 0 Å². The van der Waals surface area contributed by atoms with E-state index in [1.807, 2.05) is 0 Å². The number of hydrogen-bond acceptors (Lipinski definition) is 2. The first-order valence-corrected chi connectivity index (χ1v) is 4.46. The molecule has 0 aromatic rings.